The van der Waals surface area contributed by atoms with Gasteiger partial charge in [0.25, 0.3) is 11.8 Å². The van der Waals surface area contributed by atoms with Crippen molar-refractivity contribution in [3.8, 4) is 0 Å². The van der Waals surface area contributed by atoms with Crippen molar-refractivity contribution < 1.29 is 9.59 Å². The average molecular weight is 344 g/mol. The van der Waals surface area contributed by atoms with E-state index in [1.807, 2.05) is 35.4 Å². The van der Waals surface area contributed by atoms with Crippen LogP contribution in [0.25, 0.3) is 0 Å². The van der Waals surface area contributed by atoms with Crippen LogP contribution in [-0.2, 0) is 0 Å². The smallest absolute Gasteiger partial charge is 0.269 e. The SMILES string of the molecule is CSc1ccccc1C(=O)N1CCCC[C@H]1c1cc(C(N)=O)n[nH]1. The molecule has 7 heteroatoms. The molecule has 3 N–H and O–H groups in total. The normalized spacial score (nSPS) is 17.7. The van der Waals surface area contributed by atoms with Crippen LogP contribution in [0.15, 0.2) is 35.2 Å². The van der Waals surface area contributed by atoms with Crippen LogP contribution in [0.5, 0.6) is 0 Å². The van der Waals surface area contributed by atoms with Gasteiger partial charge in [-0.05, 0) is 43.7 Å². The van der Waals surface area contributed by atoms with Gasteiger partial charge in [-0.1, -0.05) is 12.1 Å². The molecule has 1 aromatic carbocycles. The maximum atomic E-state index is 13.1. The summed E-state index contributed by atoms with van der Waals surface area (Å²) in [4.78, 5) is 27.2. The van der Waals surface area contributed by atoms with Crippen LogP contribution >= 0.6 is 11.8 Å². The predicted octanol–water partition coefficient (Wildman–Crippen LogP) is 2.60. The molecule has 0 radical (unpaired) electrons. The summed E-state index contributed by atoms with van der Waals surface area (Å²) in [6.45, 7) is 0.692. The molecular formula is C17H20N4O2S. The van der Waals surface area contributed by atoms with Crippen molar-refractivity contribution in [2.75, 3.05) is 12.8 Å². The van der Waals surface area contributed by atoms with Gasteiger partial charge in [-0.15, -0.1) is 11.8 Å². The summed E-state index contributed by atoms with van der Waals surface area (Å²) in [6.07, 6.45) is 4.81. The number of aromatic nitrogens is 2. The van der Waals surface area contributed by atoms with Crippen molar-refractivity contribution in [1.82, 2.24) is 15.1 Å². The summed E-state index contributed by atoms with van der Waals surface area (Å²) in [5.41, 5.74) is 6.95. The van der Waals surface area contributed by atoms with Crippen LogP contribution < -0.4 is 5.73 Å². The van der Waals surface area contributed by atoms with E-state index in [1.165, 1.54) is 0 Å². The molecule has 2 heterocycles. The Kier molecular flexibility index (Phi) is 4.89. The molecule has 0 unspecified atom stereocenters. The molecule has 6 nitrogen and oxygen atoms in total. The summed E-state index contributed by atoms with van der Waals surface area (Å²) in [7, 11) is 0. The molecule has 1 atom stereocenters. The van der Waals surface area contributed by atoms with E-state index < -0.39 is 5.91 Å². The number of benzene rings is 1. The number of rotatable bonds is 4. The molecule has 0 spiro atoms. The van der Waals surface area contributed by atoms with Gasteiger partial charge in [0.1, 0.15) is 5.69 Å². The summed E-state index contributed by atoms with van der Waals surface area (Å²) < 4.78 is 0. The zero-order valence-corrected chi connectivity index (χ0v) is 14.3. The first-order valence-corrected chi connectivity index (χ1v) is 9.13. The zero-order valence-electron chi connectivity index (χ0n) is 13.5. The van der Waals surface area contributed by atoms with Gasteiger partial charge in [0.05, 0.1) is 17.3 Å². The van der Waals surface area contributed by atoms with Gasteiger partial charge in [-0.25, -0.2) is 0 Å². The highest BCUT2D eigenvalue weighted by Gasteiger charge is 2.31. The lowest BCUT2D eigenvalue weighted by Crippen LogP contribution is -2.38. The molecule has 24 heavy (non-hydrogen) atoms. The second-order valence-electron chi connectivity index (χ2n) is 5.78. The highest BCUT2D eigenvalue weighted by atomic mass is 32.2. The number of carbonyl (C=O) groups excluding carboxylic acids is 2. The highest BCUT2D eigenvalue weighted by Crippen LogP contribution is 2.33. The summed E-state index contributed by atoms with van der Waals surface area (Å²) >= 11 is 1.56. The lowest BCUT2D eigenvalue weighted by atomic mass is 9.98. The average Bonchev–Trinajstić information content (AvgIpc) is 3.11. The first-order valence-electron chi connectivity index (χ1n) is 7.91. The van der Waals surface area contributed by atoms with Crippen LogP contribution in [0.1, 0.15) is 51.8 Å². The largest absolute Gasteiger partial charge is 0.364 e. The number of thioether (sulfide) groups is 1. The minimum Gasteiger partial charge on any atom is -0.364 e. The van der Waals surface area contributed by atoms with E-state index in [9.17, 15) is 9.59 Å². The number of nitrogens with one attached hydrogen (secondary N) is 1. The molecule has 0 aliphatic carbocycles. The molecule has 1 fully saturated rings. The molecule has 2 amide bonds. The molecule has 1 aliphatic rings. The predicted molar refractivity (Wildman–Crippen MR) is 93.0 cm³/mol. The Hall–Kier alpha value is -2.28. The van der Waals surface area contributed by atoms with Crippen molar-refractivity contribution >= 4 is 23.6 Å². The fourth-order valence-electron chi connectivity index (χ4n) is 3.11. The first-order chi connectivity index (χ1) is 11.6. The van der Waals surface area contributed by atoms with E-state index in [2.05, 4.69) is 10.2 Å². The van der Waals surface area contributed by atoms with E-state index in [4.69, 9.17) is 5.73 Å². The second kappa shape index (κ2) is 7.09. The molecular weight excluding hydrogens is 324 g/mol. The van der Waals surface area contributed by atoms with E-state index >= 15 is 0 Å². The number of hydrogen-bond acceptors (Lipinski definition) is 4. The number of amides is 2. The van der Waals surface area contributed by atoms with Gasteiger partial charge in [-0.3, -0.25) is 14.7 Å². The van der Waals surface area contributed by atoms with Crippen LogP contribution in [0.2, 0.25) is 0 Å². The van der Waals surface area contributed by atoms with Gasteiger partial charge >= 0.3 is 0 Å². The second-order valence-corrected chi connectivity index (χ2v) is 6.63. The van der Waals surface area contributed by atoms with Crippen molar-refractivity contribution in [2.45, 2.75) is 30.2 Å². The number of nitrogens with two attached hydrogens (primary N) is 1. The topological polar surface area (TPSA) is 92.1 Å². The van der Waals surface area contributed by atoms with Gasteiger partial charge < -0.3 is 10.6 Å². The molecule has 1 aliphatic heterocycles. The van der Waals surface area contributed by atoms with Crippen LogP contribution in [0, 0.1) is 0 Å². The monoisotopic (exact) mass is 344 g/mol. The Balaban J connectivity index is 1.91. The third-order valence-electron chi connectivity index (χ3n) is 4.31. The van der Waals surface area contributed by atoms with Crippen molar-refractivity contribution in [2.24, 2.45) is 5.73 Å². The lowest BCUT2D eigenvalue weighted by Gasteiger charge is -2.35. The third kappa shape index (κ3) is 3.17. The Morgan fingerprint density at radius 3 is 2.83 bits per heavy atom. The fraction of sp³-hybridized carbons (Fsp3) is 0.353. The fourth-order valence-corrected chi connectivity index (χ4v) is 3.70. The minimum atomic E-state index is -0.570. The standard InChI is InChI=1S/C17H20N4O2S/c1-24-15-8-3-2-6-11(15)17(23)21-9-5-4-7-14(21)12-10-13(16(18)22)20-19-12/h2-3,6,8,10,14H,4-5,7,9H2,1H3,(H2,18,22)(H,19,20)/t14-/m0/s1. The molecule has 1 saturated heterocycles. The summed E-state index contributed by atoms with van der Waals surface area (Å²) in [5, 5.41) is 6.82. The molecule has 3 rings (SSSR count). The van der Waals surface area contributed by atoms with E-state index in [-0.39, 0.29) is 17.6 Å². The summed E-state index contributed by atoms with van der Waals surface area (Å²) in [5.74, 6) is -0.557. The minimum absolute atomic E-state index is 0.0138. The molecule has 2 aromatic rings. The molecule has 0 saturated carbocycles. The number of carbonyl (C=O) groups is 2. The van der Waals surface area contributed by atoms with Gasteiger partial charge in [0.2, 0.25) is 0 Å². The first kappa shape index (κ1) is 16.6. The van der Waals surface area contributed by atoms with E-state index in [0.717, 1.165) is 29.9 Å². The molecule has 126 valence electrons. The number of aromatic amines is 1. The Labute approximate surface area is 144 Å². The van der Waals surface area contributed by atoms with Crippen molar-refractivity contribution in [3.63, 3.8) is 0 Å². The Bertz CT molecular complexity index is 759. The maximum Gasteiger partial charge on any atom is 0.269 e. The number of H-pyrrole nitrogens is 1. The van der Waals surface area contributed by atoms with E-state index in [0.29, 0.717) is 12.1 Å². The van der Waals surface area contributed by atoms with Gasteiger partial charge in [-0.2, -0.15) is 5.10 Å². The van der Waals surface area contributed by atoms with Gasteiger partial charge in [0.15, 0.2) is 0 Å². The third-order valence-corrected chi connectivity index (χ3v) is 5.11. The zero-order chi connectivity index (χ0) is 17.1. The molecule has 0 bridgehead atoms. The number of piperidine rings is 1. The number of nitrogens with zero attached hydrogens (tertiary/aromatic N) is 2. The maximum absolute atomic E-state index is 13.1. The van der Waals surface area contributed by atoms with Crippen molar-refractivity contribution in [3.05, 3.63) is 47.3 Å². The van der Waals surface area contributed by atoms with Gasteiger partial charge in [0, 0.05) is 11.4 Å². The highest BCUT2D eigenvalue weighted by molar-refractivity contribution is 7.98. The van der Waals surface area contributed by atoms with Crippen LogP contribution in [0.4, 0.5) is 0 Å². The van der Waals surface area contributed by atoms with Crippen LogP contribution in [-0.4, -0.2) is 39.7 Å². The van der Waals surface area contributed by atoms with Crippen molar-refractivity contribution in [1.29, 1.82) is 0 Å². The Morgan fingerprint density at radius 2 is 2.12 bits per heavy atom. The Morgan fingerprint density at radius 1 is 1.33 bits per heavy atom. The quantitative estimate of drug-likeness (QED) is 0.834. The van der Waals surface area contributed by atoms with Crippen LogP contribution in [0.3, 0.4) is 0 Å². The molecule has 1 aromatic heterocycles. The number of primary amides is 1. The summed E-state index contributed by atoms with van der Waals surface area (Å²) in [6, 6.07) is 9.18. The lowest BCUT2D eigenvalue weighted by molar-refractivity contribution is 0.0602. The number of likely N-dealkylation sites (tertiary alicyclic amines) is 1. The number of hydrogen-bond donors (Lipinski definition) is 2. The van der Waals surface area contributed by atoms with E-state index in [1.54, 1.807) is 17.8 Å².